The van der Waals surface area contributed by atoms with Crippen molar-refractivity contribution in [3.05, 3.63) is 71.8 Å². The molecule has 98 valence electrons. The summed E-state index contributed by atoms with van der Waals surface area (Å²) < 4.78 is 5.47. The molecule has 0 unspecified atom stereocenters. The van der Waals surface area contributed by atoms with Gasteiger partial charge in [-0.2, -0.15) is 0 Å². The smallest absolute Gasteiger partial charge is 0.162 e. The summed E-state index contributed by atoms with van der Waals surface area (Å²) in [7, 11) is 1.69. The van der Waals surface area contributed by atoms with E-state index in [2.05, 4.69) is 0 Å². The molecule has 2 nitrogen and oxygen atoms in total. The fraction of sp³-hybridized carbons (Fsp3) is 0.235. The summed E-state index contributed by atoms with van der Waals surface area (Å²) in [6, 6.07) is 19.4. The van der Waals surface area contributed by atoms with Crippen LogP contribution in [0.25, 0.3) is 0 Å². The van der Waals surface area contributed by atoms with E-state index in [0.717, 1.165) is 11.1 Å². The van der Waals surface area contributed by atoms with Gasteiger partial charge >= 0.3 is 0 Å². The van der Waals surface area contributed by atoms with E-state index in [1.165, 1.54) is 0 Å². The molecule has 0 fully saturated rings. The molecule has 0 saturated carbocycles. The number of methoxy groups -OCH3 is 1. The third-order valence-electron chi connectivity index (χ3n) is 3.19. The minimum atomic E-state index is -0.0196. The number of hydrogen-bond donors (Lipinski definition) is 0. The number of benzene rings is 2. The molecule has 0 aromatic heterocycles. The lowest BCUT2D eigenvalue weighted by Gasteiger charge is -2.15. The molecule has 0 spiro atoms. The predicted molar refractivity (Wildman–Crippen MR) is 76.2 cm³/mol. The van der Waals surface area contributed by atoms with E-state index in [4.69, 9.17) is 4.74 Å². The molecule has 0 N–H and O–H groups in total. The lowest BCUT2D eigenvalue weighted by molar-refractivity contribution is 0.0815. The first-order valence-electron chi connectivity index (χ1n) is 6.47. The second kappa shape index (κ2) is 6.86. The summed E-state index contributed by atoms with van der Waals surface area (Å²) in [6.07, 6.45) is 1.18. The summed E-state index contributed by atoms with van der Waals surface area (Å²) in [5.74, 6) is 0.165. The fourth-order valence-corrected chi connectivity index (χ4v) is 2.12. The van der Waals surface area contributed by atoms with Crippen molar-refractivity contribution in [2.24, 2.45) is 0 Å². The summed E-state index contributed by atoms with van der Waals surface area (Å²) in [6.45, 7) is 0. The Bertz CT molecular complexity index is 505. The molecule has 2 heteroatoms. The molecule has 2 rings (SSSR count). The molecule has 0 heterocycles. The molecule has 1 atom stereocenters. The Balaban J connectivity index is 1.96. The Morgan fingerprint density at radius 1 is 1.00 bits per heavy atom. The molecule has 0 aliphatic carbocycles. The van der Waals surface area contributed by atoms with Crippen molar-refractivity contribution in [2.75, 3.05) is 7.11 Å². The van der Waals surface area contributed by atoms with Gasteiger partial charge in [0.1, 0.15) is 0 Å². The highest BCUT2D eigenvalue weighted by Crippen LogP contribution is 2.22. The average Bonchev–Trinajstić information content (AvgIpc) is 2.49. The van der Waals surface area contributed by atoms with Crippen molar-refractivity contribution in [3.63, 3.8) is 0 Å². The summed E-state index contributed by atoms with van der Waals surface area (Å²) in [5, 5.41) is 0. The van der Waals surface area contributed by atoms with Crippen LogP contribution in [0.5, 0.6) is 0 Å². The van der Waals surface area contributed by atoms with Crippen molar-refractivity contribution >= 4 is 5.78 Å². The lowest BCUT2D eigenvalue weighted by atomic mass is 10.0. The minimum absolute atomic E-state index is 0.0196. The van der Waals surface area contributed by atoms with Gasteiger partial charge in [0, 0.05) is 19.1 Å². The maximum Gasteiger partial charge on any atom is 0.162 e. The highest BCUT2D eigenvalue weighted by atomic mass is 16.5. The molecule has 2 aromatic rings. The van der Waals surface area contributed by atoms with Crippen LogP contribution in [0.3, 0.4) is 0 Å². The van der Waals surface area contributed by atoms with E-state index < -0.39 is 0 Å². The van der Waals surface area contributed by atoms with E-state index in [-0.39, 0.29) is 11.9 Å². The summed E-state index contributed by atoms with van der Waals surface area (Å²) in [5.41, 5.74) is 1.89. The van der Waals surface area contributed by atoms with Crippen LogP contribution in [0.15, 0.2) is 60.7 Å². The number of ether oxygens (including phenoxy) is 1. The van der Waals surface area contributed by atoms with Gasteiger partial charge in [0.25, 0.3) is 0 Å². The van der Waals surface area contributed by atoms with Crippen molar-refractivity contribution in [1.29, 1.82) is 0 Å². The van der Waals surface area contributed by atoms with Crippen LogP contribution < -0.4 is 0 Å². The van der Waals surface area contributed by atoms with Gasteiger partial charge in [-0.15, -0.1) is 0 Å². The number of hydrogen-bond acceptors (Lipinski definition) is 2. The van der Waals surface area contributed by atoms with Crippen molar-refractivity contribution in [1.82, 2.24) is 0 Å². The Labute approximate surface area is 114 Å². The molecule has 0 bridgehead atoms. The first-order chi connectivity index (χ1) is 9.31. The maximum absolute atomic E-state index is 12.0. The monoisotopic (exact) mass is 254 g/mol. The number of carbonyl (C=O) groups excluding carboxylic acids is 1. The van der Waals surface area contributed by atoms with Gasteiger partial charge in [-0.25, -0.2) is 0 Å². The van der Waals surface area contributed by atoms with Gasteiger partial charge in [0.05, 0.1) is 6.10 Å². The Kier molecular flexibility index (Phi) is 4.87. The van der Waals surface area contributed by atoms with Crippen molar-refractivity contribution in [2.45, 2.75) is 18.9 Å². The molecular weight excluding hydrogens is 236 g/mol. The zero-order valence-electron chi connectivity index (χ0n) is 11.1. The van der Waals surface area contributed by atoms with Crippen LogP contribution in [0.2, 0.25) is 0 Å². The van der Waals surface area contributed by atoms with Crippen LogP contribution >= 0.6 is 0 Å². The average molecular weight is 254 g/mol. The van der Waals surface area contributed by atoms with Gasteiger partial charge in [0.2, 0.25) is 0 Å². The second-order valence-electron chi connectivity index (χ2n) is 4.46. The van der Waals surface area contributed by atoms with E-state index in [0.29, 0.717) is 12.8 Å². The van der Waals surface area contributed by atoms with Crippen LogP contribution in [-0.4, -0.2) is 12.9 Å². The zero-order chi connectivity index (χ0) is 13.5. The van der Waals surface area contributed by atoms with Gasteiger partial charge in [-0.05, 0) is 12.0 Å². The largest absolute Gasteiger partial charge is 0.377 e. The zero-order valence-corrected chi connectivity index (χ0v) is 11.1. The van der Waals surface area contributed by atoms with E-state index >= 15 is 0 Å². The first kappa shape index (κ1) is 13.5. The van der Waals surface area contributed by atoms with Crippen LogP contribution in [0.4, 0.5) is 0 Å². The molecular formula is C17H18O2. The van der Waals surface area contributed by atoms with Crippen molar-refractivity contribution in [3.8, 4) is 0 Å². The Morgan fingerprint density at radius 3 is 2.16 bits per heavy atom. The lowest BCUT2D eigenvalue weighted by Crippen LogP contribution is -2.06. The molecule has 0 aliphatic heterocycles. The standard InChI is InChI=1S/C17H18O2/c1-19-17(15-10-6-3-7-11-15)13-12-16(18)14-8-4-2-5-9-14/h2-11,17H,12-13H2,1H3/t17-/m0/s1. The SMILES string of the molecule is CO[C@@H](CCC(=O)c1ccccc1)c1ccccc1. The second-order valence-corrected chi connectivity index (χ2v) is 4.46. The van der Waals surface area contributed by atoms with Crippen molar-refractivity contribution < 1.29 is 9.53 Å². The van der Waals surface area contributed by atoms with Gasteiger partial charge in [0.15, 0.2) is 5.78 Å². The molecule has 19 heavy (non-hydrogen) atoms. The Hall–Kier alpha value is -1.93. The normalized spacial score (nSPS) is 12.1. The van der Waals surface area contributed by atoms with E-state index in [1.807, 2.05) is 60.7 Å². The minimum Gasteiger partial charge on any atom is -0.377 e. The van der Waals surface area contributed by atoms with E-state index in [9.17, 15) is 4.79 Å². The van der Waals surface area contributed by atoms with E-state index in [1.54, 1.807) is 7.11 Å². The molecule has 0 radical (unpaired) electrons. The van der Waals surface area contributed by atoms with Crippen LogP contribution in [0.1, 0.15) is 34.9 Å². The maximum atomic E-state index is 12.0. The van der Waals surface area contributed by atoms with Gasteiger partial charge in [-0.1, -0.05) is 60.7 Å². The van der Waals surface area contributed by atoms with Crippen LogP contribution in [-0.2, 0) is 4.74 Å². The highest BCUT2D eigenvalue weighted by Gasteiger charge is 2.13. The quantitative estimate of drug-likeness (QED) is 0.727. The third-order valence-corrected chi connectivity index (χ3v) is 3.19. The topological polar surface area (TPSA) is 26.3 Å². The predicted octanol–water partition coefficient (Wildman–Crippen LogP) is 4.04. The summed E-state index contributed by atoms with van der Waals surface area (Å²) in [4.78, 5) is 12.0. The van der Waals surface area contributed by atoms with Gasteiger partial charge < -0.3 is 4.74 Å². The third kappa shape index (κ3) is 3.76. The first-order valence-corrected chi connectivity index (χ1v) is 6.47. The fourth-order valence-electron chi connectivity index (χ4n) is 2.12. The molecule has 0 amide bonds. The summed E-state index contributed by atoms with van der Waals surface area (Å²) >= 11 is 0. The highest BCUT2D eigenvalue weighted by molar-refractivity contribution is 5.95. The van der Waals surface area contributed by atoms with Gasteiger partial charge in [-0.3, -0.25) is 4.79 Å². The Morgan fingerprint density at radius 2 is 1.58 bits per heavy atom. The molecule has 0 saturated heterocycles. The number of Topliss-reactive ketones (excluding diaryl/α,β-unsaturated/α-hetero) is 1. The number of ketones is 1. The number of carbonyl (C=O) groups is 1. The number of rotatable bonds is 6. The molecule has 0 aliphatic rings. The molecule has 2 aromatic carbocycles. The van der Waals surface area contributed by atoms with Crippen LogP contribution in [0, 0.1) is 0 Å².